The summed E-state index contributed by atoms with van der Waals surface area (Å²) in [5, 5.41) is 8.80. The molecule has 0 amide bonds. The lowest BCUT2D eigenvalue weighted by atomic mass is 9.66. The Kier molecular flexibility index (Phi) is 5.18. The fraction of sp³-hybridized carbons (Fsp3) is 0.333. The second-order valence-electron chi connectivity index (χ2n) is 9.90. The van der Waals surface area contributed by atoms with E-state index in [1.54, 1.807) is 19.2 Å². The summed E-state index contributed by atoms with van der Waals surface area (Å²) < 4.78 is 39.5. The van der Waals surface area contributed by atoms with Gasteiger partial charge >= 0.3 is 5.97 Å². The van der Waals surface area contributed by atoms with Gasteiger partial charge in [-0.3, -0.25) is 4.98 Å². The molecule has 3 heterocycles. The van der Waals surface area contributed by atoms with E-state index in [0.29, 0.717) is 11.4 Å². The Morgan fingerprint density at radius 2 is 1.92 bits per heavy atom. The molecule has 0 saturated heterocycles. The molecule has 3 aromatic heterocycles. The highest BCUT2D eigenvalue weighted by Gasteiger charge is 2.65. The summed E-state index contributed by atoms with van der Waals surface area (Å²) in [7, 11) is 0. The molecule has 2 bridgehead atoms. The van der Waals surface area contributed by atoms with Gasteiger partial charge in [-0.25, -0.2) is 23.5 Å². The van der Waals surface area contributed by atoms with E-state index in [9.17, 15) is 13.6 Å². The zero-order valence-electron chi connectivity index (χ0n) is 20.5. The maximum absolute atomic E-state index is 14.5. The zero-order valence-corrected chi connectivity index (χ0v) is 20.5. The van der Waals surface area contributed by atoms with Crippen LogP contribution in [0.5, 0.6) is 0 Å². The fourth-order valence-electron chi connectivity index (χ4n) is 6.12. The summed E-state index contributed by atoms with van der Waals surface area (Å²) in [5.74, 6) is -1.71. The van der Waals surface area contributed by atoms with Crippen molar-refractivity contribution in [3.05, 3.63) is 77.2 Å². The molecule has 1 fully saturated rings. The van der Waals surface area contributed by atoms with Gasteiger partial charge in [0.2, 0.25) is 5.89 Å². The van der Waals surface area contributed by atoms with Crippen molar-refractivity contribution < 1.29 is 22.7 Å². The molecule has 1 saturated carbocycles. The summed E-state index contributed by atoms with van der Waals surface area (Å²) in [4.78, 5) is 25.5. The van der Waals surface area contributed by atoms with E-state index in [-0.39, 0.29) is 40.8 Å². The number of carbonyl (C=O) groups excluding carboxylic acids is 1. The number of nitrogens with zero attached hydrogens (tertiary/aromatic N) is 5. The molecule has 188 valence electrons. The monoisotopic (exact) mass is 503 g/mol. The highest BCUT2D eigenvalue weighted by molar-refractivity contribution is 5.87. The van der Waals surface area contributed by atoms with Gasteiger partial charge in [0.15, 0.2) is 5.69 Å². The molecule has 0 aliphatic heterocycles. The van der Waals surface area contributed by atoms with Crippen LogP contribution in [0.4, 0.5) is 8.78 Å². The molecule has 0 radical (unpaired) electrons. The van der Waals surface area contributed by atoms with Crippen LogP contribution >= 0.6 is 0 Å². The highest BCUT2D eigenvalue weighted by atomic mass is 19.1. The average molecular weight is 504 g/mol. The lowest BCUT2D eigenvalue weighted by Crippen LogP contribution is -2.38. The van der Waals surface area contributed by atoms with Gasteiger partial charge in [0.05, 0.1) is 40.9 Å². The number of hydrogen-bond donors (Lipinski definition) is 0. The van der Waals surface area contributed by atoms with Crippen LogP contribution in [0, 0.1) is 17.0 Å². The SMILES string of the molecule is CCOC(=O)c1coc(-c2cncc([C@@]34CC[C@@H](c5cc(-c6c(F)cccc6F)nnc53)C4(C)C)n2)n1. The Labute approximate surface area is 211 Å². The zero-order chi connectivity index (χ0) is 25.9. The highest BCUT2D eigenvalue weighted by Crippen LogP contribution is 2.69. The molecular formula is C27H23F2N5O3. The van der Waals surface area contributed by atoms with E-state index in [1.165, 1.54) is 30.7 Å². The molecule has 10 heteroatoms. The molecule has 37 heavy (non-hydrogen) atoms. The average Bonchev–Trinajstić information content (AvgIpc) is 3.53. The first-order valence-electron chi connectivity index (χ1n) is 12.1. The van der Waals surface area contributed by atoms with Crippen LogP contribution in [0.3, 0.4) is 0 Å². The third-order valence-corrected chi connectivity index (χ3v) is 7.88. The van der Waals surface area contributed by atoms with Crippen molar-refractivity contribution in [2.24, 2.45) is 5.41 Å². The normalized spacial score (nSPS) is 21.2. The van der Waals surface area contributed by atoms with E-state index in [4.69, 9.17) is 14.1 Å². The molecule has 0 unspecified atom stereocenters. The molecular weight excluding hydrogens is 480 g/mol. The van der Waals surface area contributed by atoms with Crippen LogP contribution < -0.4 is 0 Å². The minimum Gasteiger partial charge on any atom is -0.461 e. The molecule has 4 aromatic rings. The number of ether oxygens (including phenoxy) is 1. The van der Waals surface area contributed by atoms with Crippen LogP contribution in [-0.2, 0) is 10.2 Å². The number of halogens is 2. The Morgan fingerprint density at radius 3 is 2.68 bits per heavy atom. The Hall–Kier alpha value is -4.08. The second-order valence-corrected chi connectivity index (χ2v) is 9.90. The summed E-state index contributed by atoms with van der Waals surface area (Å²) in [6.07, 6.45) is 6.06. The van der Waals surface area contributed by atoms with Gasteiger partial charge < -0.3 is 9.15 Å². The van der Waals surface area contributed by atoms with Crippen LogP contribution in [0.25, 0.3) is 22.8 Å². The summed E-state index contributed by atoms with van der Waals surface area (Å²) in [6, 6.07) is 5.50. The summed E-state index contributed by atoms with van der Waals surface area (Å²) in [5.41, 5.74) is 1.78. The topological polar surface area (TPSA) is 104 Å². The number of aromatic nitrogens is 5. The number of hydrogen-bond acceptors (Lipinski definition) is 8. The van der Waals surface area contributed by atoms with Crippen LogP contribution in [0.15, 0.2) is 47.3 Å². The maximum Gasteiger partial charge on any atom is 0.360 e. The molecule has 0 spiro atoms. The number of benzene rings is 1. The van der Waals surface area contributed by atoms with Gasteiger partial charge in [0.1, 0.15) is 23.6 Å². The molecule has 0 N–H and O–H groups in total. The number of fused-ring (bicyclic) bond motifs is 5. The van der Waals surface area contributed by atoms with Crippen LogP contribution in [0.2, 0.25) is 0 Å². The van der Waals surface area contributed by atoms with E-state index in [1.807, 2.05) is 0 Å². The minimum absolute atomic E-state index is 0.0495. The van der Waals surface area contributed by atoms with Crippen LogP contribution in [0.1, 0.15) is 67.0 Å². The van der Waals surface area contributed by atoms with Gasteiger partial charge in [0, 0.05) is 6.20 Å². The third kappa shape index (κ3) is 3.24. The van der Waals surface area contributed by atoms with Gasteiger partial charge in [0.25, 0.3) is 0 Å². The van der Waals surface area contributed by atoms with Crippen molar-refractivity contribution in [2.45, 2.75) is 44.9 Å². The van der Waals surface area contributed by atoms with Gasteiger partial charge in [-0.1, -0.05) is 19.9 Å². The van der Waals surface area contributed by atoms with E-state index >= 15 is 0 Å². The first-order chi connectivity index (χ1) is 17.8. The number of carbonyl (C=O) groups is 1. The smallest absolute Gasteiger partial charge is 0.360 e. The quantitative estimate of drug-likeness (QED) is 0.340. The largest absolute Gasteiger partial charge is 0.461 e. The van der Waals surface area contributed by atoms with E-state index in [0.717, 1.165) is 24.1 Å². The standard InChI is InChI=1S/C27H23F2N5O3/c1-4-36-25(35)20-13-37-24(32-20)19-11-30-12-21(31-19)27-9-8-15(26(27,2)3)14-10-18(33-34-23(14)27)22-16(28)6-5-7-17(22)29/h5-7,10-13,15H,4,8-9H2,1-3H3/t15-,27-/m0/s1. The van der Waals surface area contributed by atoms with Crippen molar-refractivity contribution in [3.8, 4) is 22.8 Å². The molecule has 2 atom stereocenters. The van der Waals surface area contributed by atoms with Crippen molar-refractivity contribution in [2.75, 3.05) is 6.61 Å². The van der Waals surface area contributed by atoms with Crippen molar-refractivity contribution >= 4 is 5.97 Å². The number of esters is 1. The summed E-state index contributed by atoms with van der Waals surface area (Å²) in [6.45, 7) is 6.23. The lowest BCUT2D eigenvalue weighted by molar-refractivity contribution is 0.0519. The van der Waals surface area contributed by atoms with Gasteiger partial charge in [-0.2, -0.15) is 5.10 Å². The maximum atomic E-state index is 14.5. The Balaban J connectivity index is 1.45. The molecule has 8 nitrogen and oxygen atoms in total. The fourth-order valence-corrected chi connectivity index (χ4v) is 6.12. The predicted molar refractivity (Wildman–Crippen MR) is 127 cm³/mol. The lowest BCUT2D eigenvalue weighted by Gasteiger charge is -2.37. The van der Waals surface area contributed by atoms with Gasteiger partial charge in [-0.15, -0.1) is 5.10 Å². The Morgan fingerprint density at radius 1 is 1.14 bits per heavy atom. The number of oxazole rings is 1. The Bertz CT molecular complexity index is 1530. The molecule has 2 aliphatic rings. The van der Waals surface area contributed by atoms with Crippen molar-refractivity contribution in [3.63, 3.8) is 0 Å². The first kappa shape index (κ1) is 23.3. The summed E-state index contributed by atoms with van der Waals surface area (Å²) >= 11 is 0. The van der Waals surface area contributed by atoms with Crippen molar-refractivity contribution in [1.82, 2.24) is 25.1 Å². The molecule has 2 aliphatic carbocycles. The van der Waals surface area contributed by atoms with Crippen molar-refractivity contribution in [1.29, 1.82) is 0 Å². The molecule has 1 aromatic carbocycles. The predicted octanol–water partition coefficient (Wildman–Crippen LogP) is 5.25. The van der Waals surface area contributed by atoms with Crippen LogP contribution in [-0.4, -0.2) is 37.7 Å². The van der Waals surface area contributed by atoms with E-state index < -0.39 is 23.0 Å². The second kappa shape index (κ2) is 8.22. The third-order valence-electron chi connectivity index (χ3n) is 7.88. The van der Waals surface area contributed by atoms with E-state index in [2.05, 4.69) is 34.0 Å². The van der Waals surface area contributed by atoms with Gasteiger partial charge in [-0.05, 0) is 54.9 Å². The minimum atomic E-state index is -0.682. The first-order valence-corrected chi connectivity index (χ1v) is 12.1. The molecule has 6 rings (SSSR count). The number of rotatable bonds is 5.